The van der Waals surface area contributed by atoms with E-state index in [9.17, 15) is 19.2 Å². The van der Waals surface area contributed by atoms with Crippen LogP contribution in [0.3, 0.4) is 0 Å². The topological polar surface area (TPSA) is 68.3 Å². The first kappa shape index (κ1) is 17.8. The average molecular weight is 293 g/mol. The van der Waals surface area contributed by atoms with Gasteiger partial charge in [0.2, 0.25) is 21.7 Å². The van der Waals surface area contributed by atoms with Crippen LogP contribution in [0.25, 0.3) is 6.08 Å². The van der Waals surface area contributed by atoms with Gasteiger partial charge in [-0.15, -0.1) is 12.3 Å². The van der Waals surface area contributed by atoms with Crippen LogP contribution in [-0.4, -0.2) is 0 Å². The van der Waals surface area contributed by atoms with E-state index in [1.807, 2.05) is 0 Å². The average Bonchev–Trinajstić information content (AvgIpc) is 2.46. The maximum atomic E-state index is 10.5. The van der Waals surface area contributed by atoms with Gasteiger partial charge in [0.1, 0.15) is 0 Å². The van der Waals surface area contributed by atoms with Crippen molar-refractivity contribution in [3.63, 3.8) is 0 Å². The molecule has 2 rings (SSSR count). The highest BCUT2D eigenvalue weighted by molar-refractivity contribution is 6.31. The highest BCUT2D eigenvalue weighted by atomic mass is 35.5. The third-order valence-electron chi connectivity index (χ3n) is 2.47. The molecule has 0 unspecified atom stereocenters. The minimum absolute atomic E-state index is 0.0926. The maximum absolute atomic E-state index is 10.5. The Kier molecular flexibility index (Phi) is 6.54. The molecular weight excluding hydrogens is 280 g/mol. The summed E-state index contributed by atoms with van der Waals surface area (Å²) in [6.45, 7) is 8.20. The van der Waals surface area contributed by atoms with E-state index in [1.54, 1.807) is 13.8 Å². The molecule has 4 nitrogen and oxygen atoms in total. The zero-order valence-corrected chi connectivity index (χ0v) is 12.1. The van der Waals surface area contributed by atoms with E-state index in [2.05, 4.69) is 18.9 Å². The van der Waals surface area contributed by atoms with Crippen LogP contribution in [0.15, 0.2) is 25.8 Å². The van der Waals surface area contributed by atoms with Crippen LogP contribution in [0.5, 0.6) is 0 Å². The molecule has 0 N–H and O–H groups in total. The smallest absolute Gasteiger partial charge is 0.244 e. The van der Waals surface area contributed by atoms with Crippen molar-refractivity contribution in [2.45, 2.75) is 20.8 Å². The fraction of sp³-hybridized carbons (Fsp3) is 0.200. The van der Waals surface area contributed by atoms with Crippen molar-refractivity contribution in [3.8, 4) is 12.3 Å². The minimum atomic E-state index is -0.552. The molecular formula is C15H13ClO4. The van der Waals surface area contributed by atoms with Crippen molar-refractivity contribution in [1.82, 2.24) is 0 Å². The molecule has 0 saturated carbocycles. The molecule has 5 heteroatoms. The molecule has 0 atom stereocenters. The summed E-state index contributed by atoms with van der Waals surface area (Å²) in [5, 5.41) is 0.0926. The van der Waals surface area contributed by atoms with Crippen molar-refractivity contribution in [1.29, 1.82) is 0 Å². The second-order valence-electron chi connectivity index (χ2n) is 3.79. The molecule has 0 aliphatic heterocycles. The molecule has 0 amide bonds. The fourth-order valence-electron chi connectivity index (χ4n) is 1.25. The molecule has 0 aliphatic rings. The normalized spacial score (nSPS) is 8.95. The van der Waals surface area contributed by atoms with E-state index in [0.717, 1.165) is 0 Å². The number of halogens is 1. The third-order valence-corrected chi connectivity index (χ3v) is 2.93. The van der Waals surface area contributed by atoms with Crippen molar-refractivity contribution < 1.29 is 0 Å². The van der Waals surface area contributed by atoms with Gasteiger partial charge in [0.15, 0.2) is 0 Å². The first-order valence-electron chi connectivity index (χ1n) is 5.49. The number of rotatable bonds is 1. The van der Waals surface area contributed by atoms with Crippen LogP contribution in [0, 0.1) is 26.2 Å². The Morgan fingerprint density at radius 1 is 1.00 bits per heavy atom. The Labute approximate surface area is 120 Å². The van der Waals surface area contributed by atoms with E-state index in [1.165, 1.54) is 13.0 Å². The molecule has 0 radical (unpaired) electrons. The van der Waals surface area contributed by atoms with Gasteiger partial charge in [-0.05, 0) is 20.8 Å². The SMILES string of the molecule is C#CC.C=Cc1c(C)c(=O)c1=O.Cc1c(Cl)c(=O)c1=O. The Morgan fingerprint density at radius 2 is 1.40 bits per heavy atom. The second-order valence-corrected chi connectivity index (χ2v) is 4.16. The number of terminal acetylenes is 1. The molecule has 0 bridgehead atoms. The Balaban J connectivity index is 0.000000304. The molecule has 0 spiro atoms. The third kappa shape index (κ3) is 3.40. The van der Waals surface area contributed by atoms with E-state index >= 15 is 0 Å². The summed E-state index contributed by atoms with van der Waals surface area (Å²) in [5.74, 6) is 2.25. The zero-order valence-electron chi connectivity index (χ0n) is 11.4. The van der Waals surface area contributed by atoms with Gasteiger partial charge in [0.05, 0.1) is 5.02 Å². The Morgan fingerprint density at radius 3 is 1.55 bits per heavy atom. The van der Waals surface area contributed by atoms with Crippen LogP contribution in [0.4, 0.5) is 0 Å². The highest BCUT2D eigenvalue weighted by Gasteiger charge is 2.13. The summed E-state index contributed by atoms with van der Waals surface area (Å²) >= 11 is 5.25. The lowest BCUT2D eigenvalue weighted by Gasteiger charge is -1.97. The predicted molar refractivity (Wildman–Crippen MR) is 81.8 cm³/mol. The van der Waals surface area contributed by atoms with Gasteiger partial charge in [0, 0.05) is 16.7 Å². The van der Waals surface area contributed by atoms with E-state index in [4.69, 9.17) is 11.6 Å². The first-order chi connectivity index (χ1) is 9.24. The Hall–Kier alpha value is -2.25. The molecule has 0 aromatic heterocycles. The molecule has 0 fully saturated rings. The van der Waals surface area contributed by atoms with Crippen LogP contribution < -0.4 is 21.7 Å². The van der Waals surface area contributed by atoms with E-state index < -0.39 is 16.3 Å². The van der Waals surface area contributed by atoms with Crippen molar-refractivity contribution in [2.75, 3.05) is 0 Å². The number of hydrogen-bond acceptors (Lipinski definition) is 4. The van der Waals surface area contributed by atoms with Crippen molar-refractivity contribution in [3.05, 3.63) is 69.2 Å². The lowest BCUT2D eigenvalue weighted by molar-refractivity contribution is 1.25. The highest BCUT2D eigenvalue weighted by Crippen LogP contribution is 2.03. The maximum Gasteiger partial charge on any atom is 0.244 e. The second kappa shape index (κ2) is 7.37. The molecule has 0 saturated heterocycles. The van der Waals surface area contributed by atoms with Gasteiger partial charge >= 0.3 is 0 Å². The van der Waals surface area contributed by atoms with Crippen LogP contribution in [-0.2, 0) is 0 Å². The van der Waals surface area contributed by atoms with Crippen molar-refractivity contribution >= 4 is 17.7 Å². The van der Waals surface area contributed by atoms with Crippen molar-refractivity contribution in [2.24, 2.45) is 0 Å². The van der Waals surface area contributed by atoms with Gasteiger partial charge in [0.25, 0.3) is 0 Å². The summed E-state index contributed by atoms with van der Waals surface area (Å²) in [4.78, 5) is 41.5. The zero-order chi connectivity index (χ0) is 16.0. The van der Waals surface area contributed by atoms with Gasteiger partial charge in [-0.1, -0.05) is 24.3 Å². The molecule has 2 aromatic carbocycles. The molecule has 20 heavy (non-hydrogen) atoms. The summed E-state index contributed by atoms with van der Waals surface area (Å²) in [6, 6.07) is 0. The summed E-state index contributed by atoms with van der Waals surface area (Å²) in [6.07, 6.45) is 6.01. The summed E-state index contributed by atoms with van der Waals surface area (Å²) in [7, 11) is 0. The Bertz CT molecular complexity index is 775. The van der Waals surface area contributed by atoms with Crippen LogP contribution >= 0.6 is 11.6 Å². The van der Waals surface area contributed by atoms with Gasteiger partial charge in [-0.2, -0.15) is 0 Å². The lowest BCUT2D eigenvalue weighted by Crippen LogP contribution is -2.36. The van der Waals surface area contributed by atoms with Gasteiger partial charge in [-0.3, -0.25) is 19.2 Å². The molecule has 2 aromatic rings. The first-order valence-corrected chi connectivity index (χ1v) is 5.87. The van der Waals surface area contributed by atoms with Gasteiger partial charge in [-0.25, -0.2) is 0 Å². The molecule has 104 valence electrons. The van der Waals surface area contributed by atoms with E-state index in [0.29, 0.717) is 16.7 Å². The van der Waals surface area contributed by atoms with E-state index in [-0.39, 0.29) is 10.5 Å². The quantitative estimate of drug-likeness (QED) is 0.583. The lowest BCUT2D eigenvalue weighted by atomic mass is 10.0. The van der Waals surface area contributed by atoms with Crippen LogP contribution in [0.2, 0.25) is 5.02 Å². The largest absolute Gasteiger partial charge is 0.285 e. The fourth-order valence-corrected chi connectivity index (χ4v) is 1.42. The molecule has 0 heterocycles. The molecule has 0 aliphatic carbocycles. The standard InChI is InChI=1S/C7H6O2.C5H3ClO2.C3H4/c1-3-5-4(2)6(8)7(5)9;1-2-3(6)5(8)4(2)7;1-3-2/h3H,1H2,2H3;1H3;1H,2H3. The predicted octanol–water partition coefficient (Wildman–Crippen LogP) is 1.12. The monoisotopic (exact) mass is 292 g/mol. The minimum Gasteiger partial charge on any atom is -0.285 e. The van der Waals surface area contributed by atoms with Gasteiger partial charge < -0.3 is 0 Å². The summed E-state index contributed by atoms with van der Waals surface area (Å²) in [5.41, 5.74) is -0.377. The van der Waals surface area contributed by atoms with Crippen LogP contribution in [0.1, 0.15) is 23.6 Å². The number of hydrogen-bond donors (Lipinski definition) is 0. The summed E-state index contributed by atoms with van der Waals surface area (Å²) < 4.78 is 0.